The van der Waals surface area contributed by atoms with E-state index in [-0.39, 0.29) is 54.0 Å². The van der Waals surface area contributed by atoms with Gasteiger partial charge < -0.3 is 30.8 Å². The van der Waals surface area contributed by atoms with Crippen molar-refractivity contribution in [2.24, 2.45) is 0 Å². The first-order chi connectivity index (χ1) is 33.3. The lowest BCUT2D eigenvalue weighted by atomic mass is 9.94. The first-order valence-electron chi connectivity index (χ1n) is 22.1. The van der Waals surface area contributed by atoms with Crippen molar-refractivity contribution < 1.29 is 64.0 Å². The molecule has 0 fully saturated rings. The third kappa shape index (κ3) is 12.3. The van der Waals surface area contributed by atoms with Crippen LogP contribution in [-0.2, 0) is 30.3 Å². The zero-order valence-corrected chi connectivity index (χ0v) is 37.6. The van der Waals surface area contributed by atoms with Crippen molar-refractivity contribution in [2.45, 2.75) is 71.0 Å². The van der Waals surface area contributed by atoms with Crippen molar-refractivity contribution in [2.75, 3.05) is 18.1 Å². The molecule has 16 heteroatoms. The van der Waals surface area contributed by atoms with Crippen LogP contribution in [0.5, 0.6) is 11.5 Å². The second kappa shape index (κ2) is 21.3. The van der Waals surface area contributed by atoms with E-state index in [1.807, 2.05) is 0 Å². The summed E-state index contributed by atoms with van der Waals surface area (Å²) >= 11 is 0. The van der Waals surface area contributed by atoms with Crippen molar-refractivity contribution in [3.8, 4) is 11.5 Å². The van der Waals surface area contributed by atoms with Crippen molar-refractivity contribution in [3.63, 3.8) is 0 Å². The summed E-state index contributed by atoms with van der Waals surface area (Å²) < 4.78 is 125. The summed E-state index contributed by atoms with van der Waals surface area (Å²) in [5.74, 6) is -1.91. The van der Waals surface area contributed by atoms with Gasteiger partial charge in [0.2, 0.25) is 0 Å². The SMILES string of the molecule is CCOC(=O)c1cc(N)cc(C2=C(c3cc(C(F)(F)F)ccc3OCc3ccc(F)cc3)CCC2)c1.Nc1cc(C(=O)O)cc(C2=C(c3cc(C(F)(F)F)ccc3OCc3ccc(F)cc3)CCC2)c1. The predicted molar refractivity (Wildman–Crippen MR) is 250 cm³/mol. The van der Waals surface area contributed by atoms with Crippen LogP contribution in [0.15, 0.2) is 121 Å². The van der Waals surface area contributed by atoms with E-state index in [9.17, 15) is 49.8 Å². The summed E-state index contributed by atoms with van der Waals surface area (Å²) in [5, 5.41) is 9.38. The molecule has 6 aromatic rings. The largest absolute Gasteiger partial charge is 0.488 e. The van der Waals surface area contributed by atoms with Gasteiger partial charge in [0.1, 0.15) is 36.3 Å². The molecule has 0 unspecified atom stereocenters. The van der Waals surface area contributed by atoms with E-state index in [0.29, 0.717) is 82.3 Å². The van der Waals surface area contributed by atoms with Crippen LogP contribution in [0.2, 0.25) is 0 Å². The van der Waals surface area contributed by atoms with Crippen molar-refractivity contribution in [3.05, 3.63) is 189 Å². The Bertz CT molecular complexity index is 2960. The summed E-state index contributed by atoms with van der Waals surface area (Å²) in [6.07, 6.45) is -5.46. The number of carbonyl (C=O) groups excluding carboxylic acids is 1. The highest BCUT2D eigenvalue weighted by Crippen LogP contribution is 2.47. The maximum Gasteiger partial charge on any atom is 0.416 e. The molecule has 8 rings (SSSR count). The number of aromatic carboxylic acids is 1. The van der Waals surface area contributed by atoms with Gasteiger partial charge in [-0.15, -0.1) is 0 Å². The first-order valence-corrected chi connectivity index (χ1v) is 22.1. The van der Waals surface area contributed by atoms with Crippen LogP contribution in [0.4, 0.5) is 46.5 Å². The number of nitrogens with two attached hydrogens (primary N) is 2. The number of carbonyl (C=O) groups is 2. The molecular formula is C54H46F8N2O6. The number of carboxylic acids is 1. The smallest absolute Gasteiger partial charge is 0.416 e. The van der Waals surface area contributed by atoms with Gasteiger partial charge in [0.05, 0.1) is 28.9 Å². The Morgan fingerprint density at radius 1 is 0.543 bits per heavy atom. The molecular weight excluding hydrogens is 925 g/mol. The van der Waals surface area contributed by atoms with Crippen LogP contribution in [0, 0.1) is 11.6 Å². The second-order valence-corrected chi connectivity index (χ2v) is 16.6. The molecule has 0 aromatic heterocycles. The van der Waals surface area contributed by atoms with E-state index < -0.39 is 41.2 Å². The number of esters is 1. The van der Waals surface area contributed by atoms with Gasteiger partial charge in [0.15, 0.2) is 0 Å². The lowest BCUT2D eigenvalue weighted by Crippen LogP contribution is -2.07. The Labute approximate surface area is 397 Å². The summed E-state index contributed by atoms with van der Waals surface area (Å²) in [7, 11) is 0. The van der Waals surface area contributed by atoms with Crippen LogP contribution < -0.4 is 20.9 Å². The van der Waals surface area contributed by atoms with E-state index in [0.717, 1.165) is 41.8 Å². The minimum atomic E-state index is -4.54. The Balaban J connectivity index is 0.000000207. The third-order valence-electron chi connectivity index (χ3n) is 11.7. The number of rotatable bonds is 13. The molecule has 0 saturated carbocycles. The van der Waals surface area contributed by atoms with Gasteiger partial charge in [-0.3, -0.25) is 0 Å². The van der Waals surface area contributed by atoms with Crippen molar-refractivity contribution in [1.29, 1.82) is 0 Å². The molecule has 5 N–H and O–H groups in total. The molecule has 2 aliphatic rings. The number of anilines is 2. The highest BCUT2D eigenvalue weighted by molar-refractivity contribution is 5.99. The molecule has 0 spiro atoms. The lowest BCUT2D eigenvalue weighted by molar-refractivity contribution is -0.138. The average Bonchev–Trinajstić information content (AvgIpc) is 4.02. The Hall–Kier alpha value is -7.62. The number of nitrogen functional groups attached to an aromatic ring is 2. The fourth-order valence-electron chi connectivity index (χ4n) is 8.45. The molecule has 6 aromatic carbocycles. The molecule has 2 aliphatic carbocycles. The van der Waals surface area contributed by atoms with Crippen LogP contribution in [0.3, 0.4) is 0 Å². The summed E-state index contributed by atoms with van der Waals surface area (Å²) in [4.78, 5) is 23.8. The highest BCUT2D eigenvalue weighted by Gasteiger charge is 2.34. The Morgan fingerprint density at radius 2 is 0.943 bits per heavy atom. The minimum Gasteiger partial charge on any atom is -0.488 e. The zero-order valence-electron chi connectivity index (χ0n) is 37.6. The van der Waals surface area contributed by atoms with Crippen LogP contribution in [0.1, 0.15) is 111 Å². The van der Waals surface area contributed by atoms with E-state index in [2.05, 4.69) is 0 Å². The summed E-state index contributed by atoms with van der Waals surface area (Å²) in [6, 6.07) is 27.4. The van der Waals surface area contributed by atoms with Gasteiger partial charge in [0, 0.05) is 22.5 Å². The topological polar surface area (TPSA) is 134 Å². The monoisotopic (exact) mass is 970 g/mol. The van der Waals surface area contributed by atoms with Crippen LogP contribution in [0.25, 0.3) is 22.3 Å². The molecule has 364 valence electrons. The molecule has 8 nitrogen and oxygen atoms in total. The number of ether oxygens (including phenoxy) is 3. The maximum absolute atomic E-state index is 13.6. The predicted octanol–water partition coefficient (Wildman–Crippen LogP) is 14.1. The number of halogens is 8. The van der Waals surface area contributed by atoms with E-state index in [1.165, 1.54) is 54.6 Å². The minimum absolute atomic E-state index is 0.00516. The van der Waals surface area contributed by atoms with E-state index in [1.54, 1.807) is 49.4 Å². The van der Waals surface area contributed by atoms with Gasteiger partial charge in [0.25, 0.3) is 0 Å². The van der Waals surface area contributed by atoms with Crippen LogP contribution >= 0.6 is 0 Å². The molecule has 0 atom stereocenters. The van der Waals surface area contributed by atoms with Gasteiger partial charge in [-0.05, 0) is 187 Å². The summed E-state index contributed by atoms with van der Waals surface area (Å²) in [5.41, 5.74) is 17.3. The third-order valence-corrected chi connectivity index (χ3v) is 11.7. The average molecular weight is 971 g/mol. The van der Waals surface area contributed by atoms with Crippen LogP contribution in [-0.4, -0.2) is 23.7 Å². The van der Waals surface area contributed by atoms with E-state index >= 15 is 0 Å². The maximum atomic E-state index is 13.6. The summed E-state index contributed by atoms with van der Waals surface area (Å²) in [6.45, 7) is 2.01. The number of hydrogen-bond donors (Lipinski definition) is 3. The Morgan fingerprint density at radius 3 is 1.34 bits per heavy atom. The first kappa shape index (κ1) is 50.3. The number of hydrogen-bond acceptors (Lipinski definition) is 7. The number of carboxylic acid groups (broad SMARTS) is 1. The molecule has 0 bridgehead atoms. The van der Waals surface area contributed by atoms with Gasteiger partial charge in [-0.2, -0.15) is 26.3 Å². The molecule has 0 aliphatic heterocycles. The quantitative estimate of drug-likeness (QED) is 0.0592. The Kier molecular flexibility index (Phi) is 15.3. The lowest BCUT2D eigenvalue weighted by Gasteiger charge is -2.17. The second-order valence-electron chi connectivity index (χ2n) is 16.6. The molecule has 70 heavy (non-hydrogen) atoms. The molecule has 0 saturated heterocycles. The molecule has 0 heterocycles. The fraction of sp³-hybridized carbons (Fsp3) is 0.222. The van der Waals surface area contributed by atoms with Crippen molar-refractivity contribution in [1.82, 2.24) is 0 Å². The van der Waals surface area contributed by atoms with E-state index in [4.69, 9.17) is 25.7 Å². The standard InChI is InChI=1S/C28H25F4NO3.C26H21F4NO3/c1-2-35-27(34)19-12-18(13-22(33)14-19)23-4-3-5-24(23)25-15-20(28(30,31)32)8-11-26(25)36-16-17-6-9-21(29)10-7-17;27-19-7-4-15(5-8-19)14-34-24-9-6-18(26(28,29)30)13-23(24)22-3-1-2-21(22)16-10-17(25(32)33)12-20(31)11-16/h6-15H,2-5,16,33H2,1H3;4-13H,1-3,14,31H2,(H,32,33). The van der Waals surface area contributed by atoms with Gasteiger partial charge in [-0.25, -0.2) is 18.4 Å². The number of benzene rings is 6. The molecule has 0 radical (unpaired) electrons. The van der Waals surface area contributed by atoms with Gasteiger partial charge >= 0.3 is 24.3 Å². The number of alkyl halides is 6. The zero-order chi connectivity index (χ0) is 50.3. The highest BCUT2D eigenvalue weighted by atomic mass is 19.4. The van der Waals surface area contributed by atoms with Crippen molar-refractivity contribution >= 4 is 45.6 Å². The molecule has 0 amide bonds. The van der Waals surface area contributed by atoms with Gasteiger partial charge in [-0.1, -0.05) is 24.3 Å². The number of allylic oxidation sites excluding steroid dienone is 4. The fourth-order valence-corrected chi connectivity index (χ4v) is 8.45. The normalized spacial score (nSPS) is 13.8.